The number of rotatable bonds is 4. The number of nitrogens with one attached hydrogen (secondary N) is 1. The molecule has 226 valence electrons. The van der Waals surface area contributed by atoms with Gasteiger partial charge in [0.1, 0.15) is 23.7 Å². The average molecular weight is 580 g/mol. The Balaban J connectivity index is 1.60. The summed E-state index contributed by atoms with van der Waals surface area (Å²) in [4.78, 5) is 58.6. The van der Waals surface area contributed by atoms with Crippen LogP contribution in [-0.2, 0) is 28.7 Å². The zero-order chi connectivity index (χ0) is 30.2. The maximum atomic E-state index is 14.3. The molecule has 1 spiro atoms. The largest absolute Gasteiger partial charge is 0.455 e. The molecule has 7 atom stereocenters. The first-order valence-electron chi connectivity index (χ1n) is 14.8. The number of hydrogen-bond acceptors (Lipinski definition) is 7. The Morgan fingerprint density at radius 3 is 2.50 bits per heavy atom. The fourth-order valence-corrected chi connectivity index (χ4v) is 6.79. The van der Waals surface area contributed by atoms with Gasteiger partial charge in [0.15, 0.2) is 0 Å². The number of aliphatic hydroxyl groups is 1. The van der Waals surface area contributed by atoms with Gasteiger partial charge in [0, 0.05) is 31.7 Å². The topological polar surface area (TPSA) is 125 Å². The molecular weight excluding hydrogens is 538 g/mol. The van der Waals surface area contributed by atoms with E-state index in [9.17, 15) is 24.3 Å². The Kier molecular flexibility index (Phi) is 8.31. The van der Waals surface area contributed by atoms with E-state index in [2.05, 4.69) is 5.32 Å². The number of likely N-dealkylation sites (tertiary alicyclic amines) is 1. The minimum atomic E-state index is -1.40. The first-order valence-corrected chi connectivity index (χ1v) is 14.8. The van der Waals surface area contributed by atoms with Crippen molar-refractivity contribution in [3.05, 3.63) is 60.2 Å². The molecule has 10 heteroatoms. The van der Waals surface area contributed by atoms with Crippen LogP contribution in [0.3, 0.4) is 0 Å². The molecule has 42 heavy (non-hydrogen) atoms. The lowest BCUT2D eigenvalue weighted by Crippen LogP contribution is -2.58. The first-order chi connectivity index (χ1) is 20.0. The molecule has 0 saturated carbocycles. The summed E-state index contributed by atoms with van der Waals surface area (Å²) in [5, 5.41) is 12.6. The second-order valence-electron chi connectivity index (χ2n) is 12.6. The maximum Gasteiger partial charge on any atom is 0.313 e. The van der Waals surface area contributed by atoms with Crippen LogP contribution in [0.4, 0.5) is 0 Å². The van der Waals surface area contributed by atoms with Crippen molar-refractivity contribution in [2.24, 2.45) is 11.8 Å². The summed E-state index contributed by atoms with van der Waals surface area (Å²) < 4.78 is 12.9. The Bertz CT molecular complexity index is 1270. The molecule has 2 N–H and O–H groups in total. The summed E-state index contributed by atoms with van der Waals surface area (Å²) in [6.07, 6.45) is 6.43. The van der Waals surface area contributed by atoms with Crippen molar-refractivity contribution < 1.29 is 33.8 Å². The van der Waals surface area contributed by atoms with Gasteiger partial charge in [-0.15, -0.1) is 0 Å². The maximum absolute atomic E-state index is 14.3. The van der Waals surface area contributed by atoms with Gasteiger partial charge in [-0.05, 0) is 46.1 Å². The van der Waals surface area contributed by atoms with Gasteiger partial charge in [-0.1, -0.05) is 54.6 Å². The van der Waals surface area contributed by atoms with Gasteiger partial charge in [-0.3, -0.25) is 19.2 Å². The van der Waals surface area contributed by atoms with Gasteiger partial charge < -0.3 is 29.7 Å². The third-order valence-electron chi connectivity index (χ3n) is 8.71. The first kappa shape index (κ1) is 30.0. The minimum absolute atomic E-state index is 0.150. The quantitative estimate of drug-likeness (QED) is 0.414. The molecule has 3 amide bonds. The van der Waals surface area contributed by atoms with Crippen LogP contribution in [0.2, 0.25) is 0 Å². The number of carbonyl (C=O) groups excluding carboxylic acids is 4. The number of fused-ring (bicyclic) bond motifs is 2. The van der Waals surface area contributed by atoms with Gasteiger partial charge in [-0.2, -0.15) is 0 Å². The molecule has 0 unspecified atom stereocenters. The lowest BCUT2D eigenvalue weighted by atomic mass is 9.77. The van der Waals surface area contributed by atoms with E-state index in [0.29, 0.717) is 18.5 Å². The van der Waals surface area contributed by atoms with Crippen molar-refractivity contribution in [1.82, 2.24) is 15.1 Å². The highest BCUT2D eigenvalue weighted by Crippen LogP contribution is 2.53. The van der Waals surface area contributed by atoms with Crippen molar-refractivity contribution in [3.8, 4) is 0 Å². The lowest BCUT2D eigenvalue weighted by Gasteiger charge is -2.40. The highest BCUT2D eigenvalue weighted by Gasteiger charge is 2.72. The third kappa shape index (κ3) is 5.26. The molecule has 0 aliphatic carbocycles. The van der Waals surface area contributed by atoms with Crippen LogP contribution >= 0.6 is 0 Å². The van der Waals surface area contributed by atoms with Gasteiger partial charge in [0.25, 0.3) is 0 Å². The molecule has 0 aromatic heterocycles. The van der Waals surface area contributed by atoms with E-state index >= 15 is 0 Å². The lowest BCUT2D eigenvalue weighted by molar-refractivity contribution is -0.161. The molecule has 10 nitrogen and oxygen atoms in total. The summed E-state index contributed by atoms with van der Waals surface area (Å²) in [6.45, 7) is 7.92. The Labute approximate surface area is 246 Å². The zero-order valence-electron chi connectivity index (χ0n) is 24.7. The molecule has 4 heterocycles. The smallest absolute Gasteiger partial charge is 0.313 e. The predicted molar refractivity (Wildman–Crippen MR) is 154 cm³/mol. The summed E-state index contributed by atoms with van der Waals surface area (Å²) in [5.41, 5.74) is -1.22. The molecule has 1 aromatic carbocycles. The SMILES string of the molecule is C[C@H]1NC(=O)CC/C=C\[C@H]2O[C@]34C=CCN(C(C)(C)C)C(=O)[C@H]3N(CCCO)C(=O)[C@@H]4[C@H]2C(=O)O[C@@H]1c1ccccc1. The second-order valence-corrected chi connectivity index (χ2v) is 12.6. The molecule has 1 aromatic rings. The van der Waals surface area contributed by atoms with Gasteiger partial charge >= 0.3 is 5.97 Å². The van der Waals surface area contributed by atoms with Crippen LogP contribution < -0.4 is 5.32 Å². The van der Waals surface area contributed by atoms with E-state index in [4.69, 9.17) is 9.47 Å². The van der Waals surface area contributed by atoms with Crippen LogP contribution in [0.15, 0.2) is 54.6 Å². The number of hydrogen-bond donors (Lipinski definition) is 2. The summed E-state index contributed by atoms with van der Waals surface area (Å²) >= 11 is 0. The monoisotopic (exact) mass is 579 g/mol. The second kappa shape index (κ2) is 11.6. The van der Waals surface area contributed by atoms with Crippen molar-refractivity contribution in [2.75, 3.05) is 19.7 Å². The Morgan fingerprint density at radius 1 is 1.07 bits per heavy atom. The number of allylic oxidation sites excluding steroid dienone is 1. The summed E-state index contributed by atoms with van der Waals surface area (Å²) in [5.74, 6) is -3.46. The fourth-order valence-electron chi connectivity index (χ4n) is 6.79. The number of aliphatic hydroxyl groups excluding tert-OH is 1. The number of esters is 1. The zero-order valence-corrected chi connectivity index (χ0v) is 24.7. The number of ether oxygens (including phenoxy) is 2. The van der Waals surface area contributed by atoms with Crippen LogP contribution in [-0.4, -0.2) is 87.6 Å². The Hall–Kier alpha value is -3.50. The molecule has 0 radical (unpaired) electrons. The van der Waals surface area contributed by atoms with Crippen LogP contribution in [0, 0.1) is 11.8 Å². The average Bonchev–Trinajstić information content (AvgIpc) is 3.32. The van der Waals surface area contributed by atoms with E-state index in [1.165, 1.54) is 4.90 Å². The van der Waals surface area contributed by atoms with Gasteiger partial charge in [-0.25, -0.2) is 0 Å². The van der Waals surface area contributed by atoms with E-state index in [1.807, 2.05) is 57.2 Å². The molecule has 5 rings (SSSR count). The van der Waals surface area contributed by atoms with E-state index in [0.717, 1.165) is 0 Å². The summed E-state index contributed by atoms with van der Waals surface area (Å²) in [6, 6.07) is 7.65. The molecule has 4 aliphatic heterocycles. The van der Waals surface area contributed by atoms with Crippen molar-refractivity contribution >= 4 is 23.7 Å². The van der Waals surface area contributed by atoms with Crippen LogP contribution in [0.5, 0.6) is 0 Å². The number of cyclic esters (lactones) is 1. The van der Waals surface area contributed by atoms with Crippen molar-refractivity contribution in [3.63, 3.8) is 0 Å². The minimum Gasteiger partial charge on any atom is -0.455 e. The molecule has 2 saturated heterocycles. The standard InChI is InChI=1S/C32H41N3O7/c1-20-26(21-12-6-5-7-13-21)41-30(40)24-22(14-8-9-15-23(37)33-20)42-32-16-10-18-35(31(2,3)4)29(39)27(32)34(17-11-19-36)28(38)25(24)32/h5-8,10,12-14,16,20,22,24-27,36H,9,11,15,17-19H2,1-4H3,(H,33,37)/b14-8-/t20-,22-,24+,25+,26+,27-,32+/m1/s1. The fraction of sp³-hybridized carbons (Fsp3) is 0.562. The van der Waals surface area contributed by atoms with Gasteiger partial charge in [0.05, 0.1) is 18.1 Å². The van der Waals surface area contributed by atoms with E-state index in [1.54, 1.807) is 30.1 Å². The summed E-state index contributed by atoms with van der Waals surface area (Å²) in [7, 11) is 0. The van der Waals surface area contributed by atoms with E-state index < -0.39 is 53.2 Å². The molecule has 2 fully saturated rings. The molecule has 0 bridgehead atoms. The van der Waals surface area contributed by atoms with Crippen molar-refractivity contribution in [2.45, 2.75) is 82.4 Å². The predicted octanol–water partition coefficient (Wildman–Crippen LogP) is 2.29. The van der Waals surface area contributed by atoms with Crippen molar-refractivity contribution in [1.29, 1.82) is 0 Å². The highest BCUT2D eigenvalue weighted by atomic mass is 16.6. The van der Waals surface area contributed by atoms with Crippen LogP contribution in [0.1, 0.15) is 58.6 Å². The number of benzene rings is 1. The molecule has 4 aliphatic rings. The van der Waals surface area contributed by atoms with E-state index in [-0.39, 0.29) is 43.7 Å². The normalized spacial score (nSPS) is 34.4. The number of carbonyl (C=O) groups is 4. The van der Waals surface area contributed by atoms with Gasteiger partial charge in [0.2, 0.25) is 17.7 Å². The number of amides is 3. The van der Waals surface area contributed by atoms with Crippen LogP contribution in [0.25, 0.3) is 0 Å². The molecular formula is C32H41N3O7. The third-order valence-corrected chi connectivity index (χ3v) is 8.71. The Morgan fingerprint density at radius 2 is 1.81 bits per heavy atom. The highest BCUT2D eigenvalue weighted by molar-refractivity contribution is 5.99. The number of nitrogens with zero attached hydrogens (tertiary/aromatic N) is 2.